The molecule has 0 amide bonds. The predicted molar refractivity (Wildman–Crippen MR) is 55.7 cm³/mol. The highest BCUT2D eigenvalue weighted by molar-refractivity contribution is 6.34. The smallest absolute Gasteiger partial charge is 0.147 e. The van der Waals surface area contributed by atoms with E-state index in [0.29, 0.717) is 5.02 Å². The first-order valence-electron chi connectivity index (χ1n) is 4.63. The van der Waals surface area contributed by atoms with Crippen LogP contribution in [0.2, 0.25) is 5.02 Å². The van der Waals surface area contributed by atoms with Gasteiger partial charge in [-0.2, -0.15) is 0 Å². The normalized spacial score (nSPS) is 20.6. The Kier molecular flexibility index (Phi) is 2.37. The number of benzene rings is 1. The molecule has 0 radical (unpaired) electrons. The molecule has 4 heteroatoms. The number of aryl methyl sites for hydroxylation is 1. The molecule has 1 aliphatic rings. The second-order valence-electron chi connectivity index (χ2n) is 3.66. The summed E-state index contributed by atoms with van der Waals surface area (Å²) in [6.45, 7) is 0. The monoisotopic (exact) mass is 214 g/mol. The molecule has 1 aliphatic carbocycles. The average molecular weight is 215 g/mol. The first kappa shape index (κ1) is 9.74. The van der Waals surface area contributed by atoms with Crippen LogP contribution in [0.4, 0.5) is 10.1 Å². The summed E-state index contributed by atoms with van der Waals surface area (Å²) >= 11 is 5.97. The molecular weight excluding hydrogens is 203 g/mol. The lowest BCUT2D eigenvalue weighted by molar-refractivity contribution is 0.561. The van der Waals surface area contributed by atoms with Crippen LogP contribution in [0.3, 0.4) is 0 Å². The van der Waals surface area contributed by atoms with Crippen molar-refractivity contribution in [3.05, 3.63) is 28.0 Å². The number of nitrogen functional groups attached to an aromatic ring is 1. The van der Waals surface area contributed by atoms with Crippen molar-refractivity contribution in [1.29, 1.82) is 0 Å². The van der Waals surface area contributed by atoms with Gasteiger partial charge < -0.3 is 11.5 Å². The van der Waals surface area contributed by atoms with Crippen LogP contribution in [0.5, 0.6) is 0 Å². The van der Waals surface area contributed by atoms with Gasteiger partial charge in [0.05, 0.1) is 10.7 Å². The van der Waals surface area contributed by atoms with Crippen molar-refractivity contribution < 1.29 is 4.39 Å². The topological polar surface area (TPSA) is 52.0 Å². The van der Waals surface area contributed by atoms with Crippen molar-refractivity contribution in [3.8, 4) is 0 Å². The van der Waals surface area contributed by atoms with Gasteiger partial charge >= 0.3 is 0 Å². The van der Waals surface area contributed by atoms with Gasteiger partial charge in [-0.05, 0) is 36.5 Å². The Hall–Kier alpha value is -0.800. The van der Waals surface area contributed by atoms with Crippen molar-refractivity contribution >= 4 is 17.3 Å². The highest BCUT2D eigenvalue weighted by atomic mass is 35.5. The summed E-state index contributed by atoms with van der Waals surface area (Å²) in [7, 11) is 0. The Morgan fingerprint density at radius 1 is 1.50 bits per heavy atom. The quantitative estimate of drug-likeness (QED) is 0.652. The fourth-order valence-corrected chi connectivity index (χ4v) is 2.32. The Morgan fingerprint density at radius 3 is 2.93 bits per heavy atom. The van der Waals surface area contributed by atoms with Crippen LogP contribution in [0.1, 0.15) is 30.0 Å². The standard InChI is InChI=1S/C10H12ClFN2/c11-9-8-5(2-1-3-7(8)13)4-6(12)10(9)14/h4,7H,1-3,13-14H2. The number of rotatable bonds is 0. The molecule has 0 spiro atoms. The molecule has 76 valence electrons. The minimum absolute atomic E-state index is 0.0165. The van der Waals surface area contributed by atoms with E-state index >= 15 is 0 Å². The zero-order valence-corrected chi connectivity index (χ0v) is 8.44. The summed E-state index contributed by atoms with van der Waals surface area (Å²) in [6.07, 6.45) is 2.70. The predicted octanol–water partition coefficient (Wildman–Crippen LogP) is 2.40. The average Bonchev–Trinajstić information content (AvgIpc) is 2.14. The number of hydrogen-bond acceptors (Lipinski definition) is 2. The van der Waals surface area contributed by atoms with Gasteiger partial charge in [0.25, 0.3) is 0 Å². The third-order valence-corrected chi connectivity index (χ3v) is 3.12. The molecule has 0 bridgehead atoms. The largest absolute Gasteiger partial charge is 0.395 e. The molecule has 0 saturated heterocycles. The van der Waals surface area contributed by atoms with Crippen molar-refractivity contribution in [3.63, 3.8) is 0 Å². The third-order valence-electron chi connectivity index (χ3n) is 2.71. The lowest BCUT2D eigenvalue weighted by atomic mass is 9.87. The summed E-state index contributed by atoms with van der Waals surface area (Å²) in [6, 6.07) is 1.35. The van der Waals surface area contributed by atoms with Crippen molar-refractivity contribution in [1.82, 2.24) is 0 Å². The van der Waals surface area contributed by atoms with E-state index in [4.69, 9.17) is 23.1 Å². The molecule has 0 fully saturated rings. The van der Waals surface area contributed by atoms with Gasteiger partial charge in [0, 0.05) is 6.04 Å². The van der Waals surface area contributed by atoms with Gasteiger partial charge in [-0.3, -0.25) is 0 Å². The number of halogens is 2. The zero-order valence-electron chi connectivity index (χ0n) is 7.69. The second kappa shape index (κ2) is 3.41. The van der Waals surface area contributed by atoms with Crippen LogP contribution in [0.25, 0.3) is 0 Å². The Balaban J connectivity index is 2.64. The molecule has 2 nitrogen and oxygen atoms in total. The van der Waals surface area contributed by atoms with Crippen LogP contribution < -0.4 is 11.5 Å². The second-order valence-corrected chi connectivity index (χ2v) is 4.04. The molecule has 0 saturated carbocycles. The fourth-order valence-electron chi connectivity index (χ4n) is 1.96. The van der Waals surface area contributed by atoms with Crippen LogP contribution in [0.15, 0.2) is 6.07 Å². The molecule has 1 aromatic carbocycles. The molecule has 14 heavy (non-hydrogen) atoms. The van der Waals surface area contributed by atoms with Crippen molar-refractivity contribution in [2.75, 3.05) is 5.73 Å². The molecule has 1 aromatic rings. The van der Waals surface area contributed by atoms with E-state index in [-0.39, 0.29) is 11.7 Å². The van der Waals surface area contributed by atoms with Gasteiger partial charge in [0.2, 0.25) is 0 Å². The minimum Gasteiger partial charge on any atom is -0.395 e. The summed E-state index contributed by atoms with van der Waals surface area (Å²) < 4.78 is 13.2. The van der Waals surface area contributed by atoms with Crippen LogP contribution >= 0.6 is 11.6 Å². The lowest BCUT2D eigenvalue weighted by Gasteiger charge is -2.24. The summed E-state index contributed by atoms with van der Waals surface area (Å²) in [5.41, 5.74) is 13.2. The van der Waals surface area contributed by atoms with Crippen LogP contribution in [-0.2, 0) is 6.42 Å². The molecule has 2 rings (SSSR count). The first-order chi connectivity index (χ1) is 6.61. The van der Waals surface area contributed by atoms with E-state index in [9.17, 15) is 4.39 Å². The van der Waals surface area contributed by atoms with E-state index in [0.717, 1.165) is 30.4 Å². The van der Waals surface area contributed by atoms with E-state index in [1.165, 1.54) is 6.07 Å². The molecule has 1 unspecified atom stereocenters. The zero-order chi connectivity index (χ0) is 10.3. The third kappa shape index (κ3) is 1.37. The lowest BCUT2D eigenvalue weighted by Crippen LogP contribution is -2.19. The molecule has 1 atom stereocenters. The highest BCUT2D eigenvalue weighted by Gasteiger charge is 2.23. The molecular formula is C10H12ClFN2. The summed E-state index contributed by atoms with van der Waals surface area (Å²) in [4.78, 5) is 0. The van der Waals surface area contributed by atoms with Crippen LogP contribution in [-0.4, -0.2) is 0 Å². The van der Waals surface area contributed by atoms with E-state index in [1.807, 2.05) is 0 Å². The maximum Gasteiger partial charge on any atom is 0.147 e. The van der Waals surface area contributed by atoms with Gasteiger partial charge in [-0.25, -0.2) is 4.39 Å². The van der Waals surface area contributed by atoms with Gasteiger partial charge in [-0.15, -0.1) is 0 Å². The minimum atomic E-state index is -0.442. The van der Waals surface area contributed by atoms with E-state index in [1.54, 1.807) is 0 Å². The Labute approximate surface area is 87.0 Å². The first-order valence-corrected chi connectivity index (χ1v) is 5.01. The molecule has 0 heterocycles. The maximum absolute atomic E-state index is 13.2. The summed E-state index contributed by atoms with van der Waals surface area (Å²) in [5.74, 6) is -0.442. The highest BCUT2D eigenvalue weighted by Crippen LogP contribution is 2.38. The Morgan fingerprint density at radius 2 is 2.21 bits per heavy atom. The van der Waals surface area contributed by atoms with Gasteiger partial charge in [0.1, 0.15) is 5.82 Å². The molecule has 4 N–H and O–H groups in total. The van der Waals surface area contributed by atoms with Gasteiger partial charge in [-0.1, -0.05) is 11.6 Å². The van der Waals surface area contributed by atoms with E-state index < -0.39 is 5.82 Å². The number of fused-ring (bicyclic) bond motifs is 1. The van der Waals surface area contributed by atoms with Gasteiger partial charge in [0.15, 0.2) is 0 Å². The number of nitrogens with two attached hydrogens (primary N) is 2. The molecule has 0 aliphatic heterocycles. The number of anilines is 1. The SMILES string of the molecule is Nc1c(F)cc2c(c1Cl)C(N)CCC2. The number of hydrogen-bond donors (Lipinski definition) is 2. The van der Waals surface area contributed by atoms with Crippen molar-refractivity contribution in [2.24, 2.45) is 5.73 Å². The van der Waals surface area contributed by atoms with E-state index in [2.05, 4.69) is 0 Å². The fraction of sp³-hybridized carbons (Fsp3) is 0.400. The Bertz CT molecular complexity index is 379. The summed E-state index contributed by atoms with van der Waals surface area (Å²) in [5, 5.41) is 0.298. The van der Waals surface area contributed by atoms with Crippen LogP contribution in [0, 0.1) is 5.82 Å². The molecule has 0 aromatic heterocycles. The van der Waals surface area contributed by atoms with Crippen molar-refractivity contribution in [2.45, 2.75) is 25.3 Å². The maximum atomic E-state index is 13.2.